The molecule has 0 radical (unpaired) electrons. The second-order valence-corrected chi connectivity index (χ2v) is 3.84. The van der Waals surface area contributed by atoms with E-state index >= 15 is 0 Å². The van der Waals surface area contributed by atoms with Gasteiger partial charge in [-0.1, -0.05) is 30.3 Å². The fourth-order valence-corrected chi connectivity index (χ4v) is 2.10. The van der Waals surface area contributed by atoms with Crippen molar-refractivity contribution in [3.05, 3.63) is 35.9 Å². The van der Waals surface area contributed by atoms with Crippen LogP contribution in [0.25, 0.3) is 0 Å². The molecule has 2 aliphatic rings. The summed E-state index contributed by atoms with van der Waals surface area (Å²) < 4.78 is 5.60. The van der Waals surface area contributed by atoms with Crippen molar-refractivity contribution >= 4 is 0 Å². The van der Waals surface area contributed by atoms with Crippen LogP contribution in [-0.2, 0) is 4.74 Å². The smallest absolute Gasteiger partial charge is 0.0775 e. The molecular weight excluding hydrogens is 148 g/mol. The summed E-state index contributed by atoms with van der Waals surface area (Å²) in [7, 11) is 0. The zero-order valence-electron chi connectivity index (χ0n) is 6.99. The molecule has 0 N–H and O–H groups in total. The van der Waals surface area contributed by atoms with E-state index in [9.17, 15) is 0 Å². The topological polar surface area (TPSA) is 9.23 Å². The number of rotatable bonds is 1. The molecule has 1 aromatic rings. The molecule has 0 amide bonds. The summed E-state index contributed by atoms with van der Waals surface area (Å²) in [5.41, 5.74) is 1.75. The second-order valence-electron chi connectivity index (χ2n) is 3.84. The van der Waals surface area contributed by atoms with E-state index in [0.717, 1.165) is 6.61 Å². The molecule has 1 saturated carbocycles. The third kappa shape index (κ3) is 0.774. The van der Waals surface area contributed by atoms with Gasteiger partial charge in [0, 0.05) is 5.92 Å². The van der Waals surface area contributed by atoms with Crippen molar-refractivity contribution in [2.75, 3.05) is 6.61 Å². The van der Waals surface area contributed by atoms with Gasteiger partial charge < -0.3 is 4.74 Å². The Kier molecular flexibility index (Phi) is 1.17. The molecule has 1 saturated heterocycles. The first-order chi connectivity index (χ1) is 5.91. The summed E-state index contributed by atoms with van der Waals surface area (Å²) in [6.45, 7) is 0.935. The Morgan fingerprint density at radius 2 is 1.92 bits per heavy atom. The molecule has 3 rings (SSSR count). The highest BCUT2D eigenvalue weighted by Crippen LogP contribution is 2.57. The van der Waals surface area contributed by atoms with E-state index in [0.29, 0.717) is 11.5 Å². The maximum atomic E-state index is 5.60. The van der Waals surface area contributed by atoms with Crippen LogP contribution in [0.5, 0.6) is 0 Å². The normalized spacial score (nSPS) is 29.8. The Labute approximate surface area is 72.4 Å². The van der Waals surface area contributed by atoms with Gasteiger partial charge in [-0.2, -0.15) is 0 Å². The Morgan fingerprint density at radius 3 is 2.42 bits per heavy atom. The predicted octanol–water partition coefficient (Wildman–Crippen LogP) is 2.33. The van der Waals surface area contributed by atoms with E-state index in [2.05, 4.69) is 30.3 Å². The molecule has 1 aromatic carbocycles. The molecule has 1 nitrogen and oxygen atoms in total. The average Bonchev–Trinajstić information content (AvgIpc) is 2.85. The Morgan fingerprint density at radius 1 is 1.17 bits per heavy atom. The van der Waals surface area contributed by atoms with E-state index in [-0.39, 0.29) is 0 Å². The standard InChI is InChI=1S/C11H12O/c1-2-4-9(5-3-1)10-8-12-11(10)6-7-11/h1-5,10H,6-8H2. The predicted molar refractivity (Wildman–Crippen MR) is 47.1 cm³/mol. The SMILES string of the molecule is c1ccc(C2COC23CC3)cc1. The third-order valence-electron chi connectivity index (χ3n) is 3.12. The van der Waals surface area contributed by atoms with Crippen LogP contribution in [0.2, 0.25) is 0 Å². The van der Waals surface area contributed by atoms with Crippen LogP contribution >= 0.6 is 0 Å². The molecule has 1 aliphatic carbocycles. The molecule has 1 heterocycles. The van der Waals surface area contributed by atoms with Crippen molar-refractivity contribution in [1.29, 1.82) is 0 Å². The van der Waals surface area contributed by atoms with Crippen molar-refractivity contribution in [3.8, 4) is 0 Å². The zero-order chi connectivity index (χ0) is 8.02. The lowest BCUT2D eigenvalue weighted by Gasteiger charge is -2.37. The first-order valence-electron chi connectivity index (χ1n) is 4.60. The van der Waals surface area contributed by atoms with Gasteiger partial charge in [-0.15, -0.1) is 0 Å². The van der Waals surface area contributed by atoms with Gasteiger partial charge in [0.25, 0.3) is 0 Å². The van der Waals surface area contributed by atoms with Gasteiger partial charge >= 0.3 is 0 Å². The molecule has 0 aromatic heterocycles. The second kappa shape index (κ2) is 2.11. The van der Waals surface area contributed by atoms with Crippen LogP contribution in [-0.4, -0.2) is 12.2 Å². The molecule has 12 heavy (non-hydrogen) atoms. The lowest BCUT2D eigenvalue weighted by molar-refractivity contribution is -0.0988. The van der Waals surface area contributed by atoms with Crippen LogP contribution in [0.1, 0.15) is 24.3 Å². The maximum absolute atomic E-state index is 5.60. The van der Waals surface area contributed by atoms with Crippen LogP contribution in [0, 0.1) is 0 Å². The van der Waals surface area contributed by atoms with Crippen LogP contribution in [0.4, 0.5) is 0 Å². The van der Waals surface area contributed by atoms with Gasteiger partial charge in [-0.25, -0.2) is 0 Å². The monoisotopic (exact) mass is 160 g/mol. The minimum absolute atomic E-state index is 0.293. The quantitative estimate of drug-likeness (QED) is 0.612. The number of hydrogen-bond acceptors (Lipinski definition) is 1. The van der Waals surface area contributed by atoms with Crippen LogP contribution in [0.3, 0.4) is 0 Å². The van der Waals surface area contributed by atoms with Crippen molar-refractivity contribution in [3.63, 3.8) is 0 Å². The number of benzene rings is 1. The van der Waals surface area contributed by atoms with E-state index < -0.39 is 0 Å². The summed E-state index contributed by atoms with van der Waals surface area (Å²) in [6, 6.07) is 10.7. The fraction of sp³-hybridized carbons (Fsp3) is 0.455. The molecule has 1 spiro atoms. The van der Waals surface area contributed by atoms with Gasteiger partial charge in [0.1, 0.15) is 0 Å². The first kappa shape index (κ1) is 6.67. The lowest BCUT2D eigenvalue weighted by Crippen LogP contribution is -2.39. The largest absolute Gasteiger partial charge is 0.374 e. The summed E-state index contributed by atoms with van der Waals surface area (Å²) in [5.74, 6) is 0.693. The minimum Gasteiger partial charge on any atom is -0.374 e. The number of hydrogen-bond donors (Lipinski definition) is 0. The summed E-state index contributed by atoms with van der Waals surface area (Å²) in [6.07, 6.45) is 2.54. The summed E-state index contributed by atoms with van der Waals surface area (Å²) in [5, 5.41) is 0. The van der Waals surface area contributed by atoms with Crippen LogP contribution in [0.15, 0.2) is 30.3 Å². The molecule has 1 atom stereocenters. The Hall–Kier alpha value is -0.820. The molecule has 2 fully saturated rings. The zero-order valence-corrected chi connectivity index (χ0v) is 6.99. The van der Waals surface area contributed by atoms with Gasteiger partial charge in [0.05, 0.1) is 12.2 Å². The number of ether oxygens (including phenoxy) is 1. The van der Waals surface area contributed by atoms with Crippen molar-refractivity contribution in [2.24, 2.45) is 0 Å². The lowest BCUT2D eigenvalue weighted by atomic mass is 9.88. The molecule has 0 bridgehead atoms. The van der Waals surface area contributed by atoms with Crippen molar-refractivity contribution in [2.45, 2.75) is 24.4 Å². The van der Waals surface area contributed by atoms with E-state index in [1.165, 1.54) is 18.4 Å². The molecule has 1 aliphatic heterocycles. The highest BCUT2D eigenvalue weighted by Gasteiger charge is 2.57. The van der Waals surface area contributed by atoms with Crippen LogP contribution < -0.4 is 0 Å². The van der Waals surface area contributed by atoms with Gasteiger partial charge in [-0.3, -0.25) is 0 Å². The fourth-order valence-electron chi connectivity index (χ4n) is 2.10. The maximum Gasteiger partial charge on any atom is 0.0775 e. The van der Waals surface area contributed by atoms with E-state index in [4.69, 9.17) is 4.74 Å². The highest BCUT2D eigenvalue weighted by atomic mass is 16.5. The Balaban J connectivity index is 1.90. The molecular formula is C11H12O. The molecule has 1 heteroatoms. The van der Waals surface area contributed by atoms with Crippen molar-refractivity contribution in [1.82, 2.24) is 0 Å². The Bertz CT molecular complexity index is 287. The highest BCUT2D eigenvalue weighted by molar-refractivity contribution is 5.29. The van der Waals surface area contributed by atoms with Crippen molar-refractivity contribution < 1.29 is 4.74 Å². The third-order valence-corrected chi connectivity index (χ3v) is 3.12. The van der Waals surface area contributed by atoms with Gasteiger partial charge in [0.2, 0.25) is 0 Å². The molecule has 62 valence electrons. The summed E-state index contributed by atoms with van der Waals surface area (Å²) >= 11 is 0. The van der Waals surface area contributed by atoms with Gasteiger partial charge in [-0.05, 0) is 18.4 Å². The minimum atomic E-state index is 0.293. The average molecular weight is 160 g/mol. The van der Waals surface area contributed by atoms with E-state index in [1.54, 1.807) is 0 Å². The molecule has 1 unspecified atom stereocenters. The van der Waals surface area contributed by atoms with E-state index in [1.807, 2.05) is 0 Å². The van der Waals surface area contributed by atoms with Gasteiger partial charge in [0.15, 0.2) is 0 Å². The first-order valence-corrected chi connectivity index (χ1v) is 4.60. The summed E-state index contributed by atoms with van der Waals surface area (Å²) in [4.78, 5) is 0.